The van der Waals surface area contributed by atoms with Crippen LogP contribution >= 0.6 is 0 Å². The van der Waals surface area contributed by atoms with Crippen molar-refractivity contribution in [3.05, 3.63) is 12.2 Å². The molecule has 0 aliphatic carbocycles. The van der Waals surface area contributed by atoms with E-state index in [9.17, 15) is 4.79 Å². The van der Waals surface area contributed by atoms with Crippen LogP contribution in [-0.2, 0) is 4.79 Å². The molecule has 1 amide bonds. The second kappa shape index (κ2) is 8.75. The van der Waals surface area contributed by atoms with Crippen molar-refractivity contribution in [2.45, 2.75) is 27.2 Å². The van der Waals surface area contributed by atoms with Crippen LogP contribution in [0.5, 0.6) is 0 Å². The quantitative estimate of drug-likeness (QED) is 0.627. The predicted molar refractivity (Wildman–Crippen MR) is 60.2 cm³/mol. The standard InChI is InChI=1S/C11H22N2O/c1-4-7-11(14)12-8-10-13(6-3)9-5-2/h4,7H,5-6,8-10H2,1-3H3,(H,12,14)/b7-4+. The van der Waals surface area contributed by atoms with Gasteiger partial charge in [0.2, 0.25) is 5.91 Å². The monoisotopic (exact) mass is 198 g/mol. The summed E-state index contributed by atoms with van der Waals surface area (Å²) in [6, 6.07) is 0. The number of nitrogens with one attached hydrogen (secondary N) is 1. The van der Waals surface area contributed by atoms with Gasteiger partial charge in [0.15, 0.2) is 0 Å². The fourth-order valence-electron chi connectivity index (χ4n) is 1.29. The second-order valence-corrected chi connectivity index (χ2v) is 3.23. The molecule has 0 saturated heterocycles. The third kappa shape index (κ3) is 6.66. The van der Waals surface area contributed by atoms with E-state index in [1.807, 2.05) is 6.92 Å². The van der Waals surface area contributed by atoms with Gasteiger partial charge in [0.25, 0.3) is 0 Å². The summed E-state index contributed by atoms with van der Waals surface area (Å²) in [5.74, 6) is 0.0000477. The molecular weight excluding hydrogens is 176 g/mol. The SMILES string of the molecule is C/C=C/C(=O)NCCN(CC)CCC. The van der Waals surface area contributed by atoms with Crippen LogP contribution in [0.3, 0.4) is 0 Å². The Balaban J connectivity index is 3.55. The Morgan fingerprint density at radius 3 is 2.57 bits per heavy atom. The Hall–Kier alpha value is -0.830. The van der Waals surface area contributed by atoms with Crippen LogP contribution in [0.25, 0.3) is 0 Å². The van der Waals surface area contributed by atoms with Gasteiger partial charge in [0.1, 0.15) is 0 Å². The predicted octanol–water partition coefficient (Wildman–Crippen LogP) is 1.41. The Kier molecular flexibility index (Phi) is 8.24. The van der Waals surface area contributed by atoms with Gasteiger partial charge in [-0.15, -0.1) is 0 Å². The highest BCUT2D eigenvalue weighted by atomic mass is 16.1. The lowest BCUT2D eigenvalue weighted by atomic mass is 10.4. The van der Waals surface area contributed by atoms with Gasteiger partial charge in [-0.1, -0.05) is 19.9 Å². The number of hydrogen-bond donors (Lipinski definition) is 1. The lowest BCUT2D eigenvalue weighted by molar-refractivity contribution is -0.116. The number of hydrogen-bond acceptors (Lipinski definition) is 2. The van der Waals surface area contributed by atoms with Gasteiger partial charge in [0, 0.05) is 13.1 Å². The van der Waals surface area contributed by atoms with Gasteiger partial charge in [-0.2, -0.15) is 0 Å². The van der Waals surface area contributed by atoms with Gasteiger partial charge < -0.3 is 10.2 Å². The van der Waals surface area contributed by atoms with E-state index in [4.69, 9.17) is 0 Å². The molecule has 0 aliphatic rings. The molecule has 0 bridgehead atoms. The molecule has 0 unspecified atom stereocenters. The summed E-state index contributed by atoms with van der Waals surface area (Å²) in [6.45, 7) is 9.98. The molecule has 0 fully saturated rings. The van der Waals surface area contributed by atoms with E-state index in [-0.39, 0.29) is 5.91 Å². The first-order valence-corrected chi connectivity index (χ1v) is 5.37. The molecule has 0 heterocycles. The number of rotatable bonds is 7. The smallest absolute Gasteiger partial charge is 0.243 e. The molecule has 82 valence electrons. The minimum Gasteiger partial charge on any atom is -0.351 e. The maximum absolute atomic E-state index is 11.1. The molecule has 0 saturated carbocycles. The van der Waals surface area contributed by atoms with E-state index in [1.54, 1.807) is 12.2 Å². The molecule has 1 N–H and O–H groups in total. The number of carbonyl (C=O) groups excluding carboxylic acids is 1. The van der Waals surface area contributed by atoms with E-state index >= 15 is 0 Å². The Labute approximate surface area is 87.2 Å². The van der Waals surface area contributed by atoms with Gasteiger partial charge >= 0.3 is 0 Å². The lowest BCUT2D eigenvalue weighted by Gasteiger charge is -2.19. The molecule has 0 aromatic carbocycles. The largest absolute Gasteiger partial charge is 0.351 e. The molecule has 3 nitrogen and oxygen atoms in total. The van der Waals surface area contributed by atoms with Crippen molar-refractivity contribution in [3.8, 4) is 0 Å². The zero-order valence-electron chi connectivity index (χ0n) is 9.55. The van der Waals surface area contributed by atoms with Crippen LogP contribution < -0.4 is 5.32 Å². The van der Waals surface area contributed by atoms with Crippen molar-refractivity contribution in [1.82, 2.24) is 10.2 Å². The molecule has 14 heavy (non-hydrogen) atoms. The van der Waals surface area contributed by atoms with Crippen molar-refractivity contribution >= 4 is 5.91 Å². The van der Waals surface area contributed by atoms with E-state index in [0.717, 1.165) is 32.6 Å². The van der Waals surface area contributed by atoms with E-state index in [2.05, 4.69) is 24.1 Å². The highest BCUT2D eigenvalue weighted by Gasteiger charge is 2.00. The van der Waals surface area contributed by atoms with Crippen molar-refractivity contribution < 1.29 is 4.79 Å². The van der Waals surface area contributed by atoms with Crippen molar-refractivity contribution in [3.63, 3.8) is 0 Å². The Morgan fingerprint density at radius 2 is 2.07 bits per heavy atom. The van der Waals surface area contributed by atoms with Gasteiger partial charge in [-0.05, 0) is 32.5 Å². The molecule has 0 rings (SSSR count). The topological polar surface area (TPSA) is 32.3 Å². The second-order valence-electron chi connectivity index (χ2n) is 3.23. The fourth-order valence-corrected chi connectivity index (χ4v) is 1.29. The van der Waals surface area contributed by atoms with E-state index in [0.29, 0.717) is 0 Å². The minimum atomic E-state index is 0.0000477. The summed E-state index contributed by atoms with van der Waals surface area (Å²) < 4.78 is 0. The summed E-state index contributed by atoms with van der Waals surface area (Å²) in [7, 11) is 0. The maximum Gasteiger partial charge on any atom is 0.243 e. The zero-order chi connectivity index (χ0) is 10.8. The van der Waals surface area contributed by atoms with Crippen LogP contribution in [0.2, 0.25) is 0 Å². The molecular formula is C11H22N2O. The molecule has 0 spiro atoms. The Morgan fingerprint density at radius 1 is 1.36 bits per heavy atom. The molecule has 0 aromatic heterocycles. The number of nitrogens with zero attached hydrogens (tertiary/aromatic N) is 1. The highest BCUT2D eigenvalue weighted by Crippen LogP contribution is 1.88. The van der Waals surface area contributed by atoms with Crippen LogP contribution in [0.15, 0.2) is 12.2 Å². The van der Waals surface area contributed by atoms with Gasteiger partial charge in [-0.3, -0.25) is 4.79 Å². The third-order valence-electron chi connectivity index (χ3n) is 2.03. The van der Waals surface area contributed by atoms with Crippen LogP contribution in [0.4, 0.5) is 0 Å². The first-order valence-electron chi connectivity index (χ1n) is 5.37. The average Bonchev–Trinajstić information content (AvgIpc) is 2.17. The summed E-state index contributed by atoms with van der Waals surface area (Å²) in [6.07, 6.45) is 4.46. The average molecular weight is 198 g/mol. The summed E-state index contributed by atoms with van der Waals surface area (Å²) in [4.78, 5) is 13.4. The third-order valence-corrected chi connectivity index (χ3v) is 2.03. The summed E-state index contributed by atoms with van der Waals surface area (Å²) in [5.41, 5.74) is 0. The molecule has 3 heteroatoms. The molecule has 0 atom stereocenters. The van der Waals surface area contributed by atoms with Gasteiger partial charge in [-0.25, -0.2) is 0 Å². The normalized spacial score (nSPS) is 11.1. The van der Waals surface area contributed by atoms with Crippen LogP contribution in [-0.4, -0.2) is 37.0 Å². The molecule has 0 aromatic rings. The number of allylic oxidation sites excluding steroid dienone is 1. The summed E-state index contributed by atoms with van der Waals surface area (Å²) in [5, 5.41) is 2.84. The fraction of sp³-hybridized carbons (Fsp3) is 0.727. The highest BCUT2D eigenvalue weighted by molar-refractivity contribution is 5.87. The Bertz CT molecular complexity index is 178. The number of likely N-dealkylation sites (N-methyl/N-ethyl adjacent to an activating group) is 1. The zero-order valence-corrected chi connectivity index (χ0v) is 9.55. The van der Waals surface area contributed by atoms with Gasteiger partial charge in [0.05, 0.1) is 0 Å². The first kappa shape index (κ1) is 13.2. The van der Waals surface area contributed by atoms with E-state index < -0.39 is 0 Å². The number of carbonyl (C=O) groups is 1. The van der Waals surface area contributed by atoms with Crippen molar-refractivity contribution in [1.29, 1.82) is 0 Å². The maximum atomic E-state index is 11.1. The minimum absolute atomic E-state index is 0.0000477. The van der Waals surface area contributed by atoms with Crippen LogP contribution in [0, 0.1) is 0 Å². The van der Waals surface area contributed by atoms with E-state index in [1.165, 1.54) is 0 Å². The lowest BCUT2D eigenvalue weighted by Crippen LogP contribution is -2.34. The van der Waals surface area contributed by atoms with Crippen molar-refractivity contribution in [2.75, 3.05) is 26.2 Å². The summed E-state index contributed by atoms with van der Waals surface area (Å²) >= 11 is 0. The molecule has 0 radical (unpaired) electrons. The van der Waals surface area contributed by atoms with Crippen molar-refractivity contribution in [2.24, 2.45) is 0 Å². The first-order chi connectivity index (χ1) is 6.74. The molecule has 0 aliphatic heterocycles. The number of amides is 1. The van der Waals surface area contributed by atoms with Crippen LogP contribution in [0.1, 0.15) is 27.2 Å².